The lowest BCUT2D eigenvalue weighted by Crippen LogP contribution is -2.13. The molecule has 2 aromatic heterocycles. The molecule has 0 fully saturated rings. The van der Waals surface area contributed by atoms with E-state index in [1.54, 1.807) is 35.9 Å². The lowest BCUT2D eigenvalue weighted by Gasteiger charge is -2.07. The van der Waals surface area contributed by atoms with Crippen LogP contribution >= 0.6 is 11.6 Å². The monoisotopic (exact) mass is 409 g/mol. The quantitative estimate of drug-likeness (QED) is 0.524. The van der Waals surface area contributed by atoms with Gasteiger partial charge in [-0.25, -0.2) is 9.48 Å². The molecule has 1 amide bonds. The predicted octanol–water partition coefficient (Wildman–Crippen LogP) is 3.49. The second-order valence-electron chi connectivity index (χ2n) is 6.37. The molecule has 0 spiro atoms. The second-order valence-corrected chi connectivity index (χ2v) is 6.73. The van der Waals surface area contributed by atoms with E-state index in [1.807, 2.05) is 30.3 Å². The second kappa shape index (κ2) is 7.76. The fourth-order valence-corrected chi connectivity index (χ4v) is 3.28. The molecule has 29 heavy (non-hydrogen) atoms. The summed E-state index contributed by atoms with van der Waals surface area (Å²) in [5.74, 6) is -0.753. The average Bonchev–Trinajstić information content (AvgIpc) is 3.26. The molecule has 0 unspecified atom stereocenters. The Morgan fingerprint density at radius 2 is 2.00 bits per heavy atom. The number of carbonyl (C=O) groups is 1. The number of rotatable bonds is 5. The average molecular weight is 410 g/mol. The van der Waals surface area contributed by atoms with Crippen LogP contribution in [0.5, 0.6) is 0 Å². The Morgan fingerprint density at radius 1 is 1.21 bits per heavy atom. The standard InChI is InChI=1S/C20H16ClN5O3/c1-12-16(17(21)26(24-12)11-13-6-3-2-4-7-13)19(27)22-15-9-5-8-14(10-15)18-23-20(28)29-25-18/h2-10H,11H2,1H3,(H,22,27)(H,23,25,28). The van der Waals surface area contributed by atoms with Crippen LogP contribution in [0.3, 0.4) is 0 Å². The van der Waals surface area contributed by atoms with Gasteiger partial charge in [0.15, 0.2) is 5.82 Å². The highest BCUT2D eigenvalue weighted by atomic mass is 35.5. The number of H-pyrrole nitrogens is 1. The number of nitrogens with zero attached hydrogens (tertiary/aromatic N) is 3. The molecule has 0 bridgehead atoms. The summed E-state index contributed by atoms with van der Waals surface area (Å²) >= 11 is 6.45. The van der Waals surface area contributed by atoms with E-state index in [-0.39, 0.29) is 16.9 Å². The summed E-state index contributed by atoms with van der Waals surface area (Å²) < 4.78 is 6.11. The van der Waals surface area contributed by atoms with Gasteiger partial charge in [0.05, 0.1) is 17.8 Å². The number of halogens is 1. The molecule has 0 saturated heterocycles. The maximum Gasteiger partial charge on any atom is 0.439 e. The van der Waals surface area contributed by atoms with Crippen molar-refractivity contribution in [3.8, 4) is 11.4 Å². The summed E-state index contributed by atoms with van der Waals surface area (Å²) in [5, 5.41) is 11.1. The number of aryl methyl sites for hydroxylation is 1. The van der Waals surface area contributed by atoms with E-state index in [2.05, 4.69) is 25.1 Å². The molecule has 0 atom stereocenters. The summed E-state index contributed by atoms with van der Waals surface area (Å²) in [6.45, 7) is 2.20. The summed E-state index contributed by atoms with van der Waals surface area (Å²) in [6, 6.07) is 16.6. The van der Waals surface area contributed by atoms with Crippen molar-refractivity contribution in [3.05, 3.63) is 87.1 Å². The summed E-state index contributed by atoms with van der Waals surface area (Å²) in [7, 11) is 0. The molecule has 4 rings (SSSR count). The fraction of sp³-hybridized carbons (Fsp3) is 0.100. The zero-order valence-corrected chi connectivity index (χ0v) is 16.1. The highest BCUT2D eigenvalue weighted by molar-refractivity contribution is 6.33. The van der Waals surface area contributed by atoms with Crippen LogP contribution in [0.1, 0.15) is 21.6 Å². The zero-order chi connectivity index (χ0) is 20.4. The first-order chi connectivity index (χ1) is 14.0. The molecule has 0 saturated carbocycles. The number of aromatic amines is 1. The summed E-state index contributed by atoms with van der Waals surface area (Å²) in [5.41, 5.74) is 2.97. The van der Waals surface area contributed by atoms with E-state index < -0.39 is 5.76 Å². The Morgan fingerprint density at radius 3 is 2.72 bits per heavy atom. The molecular formula is C20H16ClN5O3. The third-order valence-corrected chi connectivity index (χ3v) is 4.69. The third-order valence-electron chi connectivity index (χ3n) is 4.30. The first kappa shape index (κ1) is 18.7. The van der Waals surface area contributed by atoms with Crippen LogP contribution in [-0.2, 0) is 6.54 Å². The number of amides is 1. The first-order valence-electron chi connectivity index (χ1n) is 8.76. The molecule has 9 heteroatoms. The van der Waals surface area contributed by atoms with Crippen molar-refractivity contribution in [1.29, 1.82) is 0 Å². The Kier molecular flexibility index (Phi) is 5.01. The highest BCUT2D eigenvalue weighted by Crippen LogP contribution is 2.24. The topological polar surface area (TPSA) is 106 Å². The SMILES string of the molecule is Cc1nn(Cc2ccccc2)c(Cl)c1C(=O)Nc1cccc(-c2noc(=O)[nH]2)c1. The molecule has 2 heterocycles. The van der Waals surface area contributed by atoms with Gasteiger partial charge >= 0.3 is 5.76 Å². The van der Waals surface area contributed by atoms with Crippen LogP contribution in [-0.4, -0.2) is 25.8 Å². The van der Waals surface area contributed by atoms with Crippen molar-refractivity contribution in [2.24, 2.45) is 0 Å². The number of hydrogen-bond acceptors (Lipinski definition) is 5. The Hall–Kier alpha value is -3.65. The molecule has 0 radical (unpaired) electrons. The lowest BCUT2D eigenvalue weighted by molar-refractivity contribution is 0.102. The largest absolute Gasteiger partial charge is 0.439 e. The third kappa shape index (κ3) is 3.97. The van der Waals surface area contributed by atoms with Gasteiger partial charge in [0.25, 0.3) is 5.91 Å². The minimum absolute atomic E-state index is 0.265. The fourth-order valence-electron chi connectivity index (χ4n) is 2.96. The maximum atomic E-state index is 12.8. The van der Waals surface area contributed by atoms with Crippen molar-refractivity contribution < 1.29 is 9.32 Å². The van der Waals surface area contributed by atoms with Crippen LogP contribution in [0.25, 0.3) is 11.4 Å². The van der Waals surface area contributed by atoms with Crippen molar-refractivity contribution >= 4 is 23.2 Å². The van der Waals surface area contributed by atoms with Gasteiger partial charge in [-0.15, -0.1) is 0 Å². The van der Waals surface area contributed by atoms with E-state index in [9.17, 15) is 9.59 Å². The minimum Gasteiger partial charge on any atom is -0.322 e. The molecule has 0 aliphatic rings. The minimum atomic E-state index is -0.650. The normalized spacial score (nSPS) is 10.8. The number of hydrogen-bond donors (Lipinski definition) is 2. The number of carbonyl (C=O) groups excluding carboxylic acids is 1. The molecule has 4 aromatic rings. The van der Waals surface area contributed by atoms with Crippen LogP contribution in [0.2, 0.25) is 5.15 Å². The van der Waals surface area contributed by atoms with Crippen LogP contribution in [0.4, 0.5) is 5.69 Å². The van der Waals surface area contributed by atoms with E-state index in [1.165, 1.54) is 0 Å². The van der Waals surface area contributed by atoms with Gasteiger partial charge in [-0.05, 0) is 24.6 Å². The van der Waals surface area contributed by atoms with Gasteiger partial charge in [-0.1, -0.05) is 59.2 Å². The van der Waals surface area contributed by atoms with E-state index >= 15 is 0 Å². The van der Waals surface area contributed by atoms with Gasteiger partial charge in [0.2, 0.25) is 0 Å². The maximum absolute atomic E-state index is 12.8. The zero-order valence-electron chi connectivity index (χ0n) is 15.3. The molecule has 146 valence electrons. The first-order valence-corrected chi connectivity index (χ1v) is 9.13. The number of benzene rings is 2. The Bertz CT molecular complexity index is 1230. The van der Waals surface area contributed by atoms with Gasteiger partial charge in [0.1, 0.15) is 5.15 Å². The number of aromatic nitrogens is 4. The van der Waals surface area contributed by atoms with Crippen LogP contribution in [0, 0.1) is 6.92 Å². The van der Waals surface area contributed by atoms with E-state index in [0.717, 1.165) is 5.56 Å². The number of anilines is 1. The van der Waals surface area contributed by atoms with Gasteiger partial charge in [-0.2, -0.15) is 5.10 Å². The molecule has 2 aromatic carbocycles. The molecule has 0 aliphatic heterocycles. The van der Waals surface area contributed by atoms with E-state index in [0.29, 0.717) is 29.1 Å². The Labute approximate surface area is 170 Å². The van der Waals surface area contributed by atoms with Crippen LogP contribution < -0.4 is 11.1 Å². The van der Waals surface area contributed by atoms with E-state index in [4.69, 9.17) is 11.6 Å². The molecule has 8 nitrogen and oxygen atoms in total. The predicted molar refractivity (Wildman–Crippen MR) is 108 cm³/mol. The Balaban J connectivity index is 1.57. The van der Waals surface area contributed by atoms with Gasteiger partial charge in [-0.3, -0.25) is 14.3 Å². The summed E-state index contributed by atoms with van der Waals surface area (Å²) in [6.07, 6.45) is 0. The molecule has 2 N–H and O–H groups in total. The summed E-state index contributed by atoms with van der Waals surface area (Å²) in [4.78, 5) is 26.4. The van der Waals surface area contributed by atoms with Crippen molar-refractivity contribution in [3.63, 3.8) is 0 Å². The van der Waals surface area contributed by atoms with Crippen molar-refractivity contribution in [2.75, 3.05) is 5.32 Å². The van der Waals surface area contributed by atoms with Crippen molar-refractivity contribution in [2.45, 2.75) is 13.5 Å². The van der Waals surface area contributed by atoms with Gasteiger partial charge < -0.3 is 5.32 Å². The van der Waals surface area contributed by atoms with Crippen LogP contribution in [0.15, 0.2) is 63.9 Å². The smallest absolute Gasteiger partial charge is 0.322 e. The highest BCUT2D eigenvalue weighted by Gasteiger charge is 2.21. The molecule has 0 aliphatic carbocycles. The van der Waals surface area contributed by atoms with Crippen molar-refractivity contribution in [1.82, 2.24) is 19.9 Å². The lowest BCUT2D eigenvalue weighted by atomic mass is 10.1. The van der Waals surface area contributed by atoms with Gasteiger partial charge in [0, 0.05) is 11.3 Å². The molecular weight excluding hydrogens is 394 g/mol. The number of nitrogens with one attached hydrogen (secondary N) is 2.